The Balaban J connectivity index is 2.13. The fraction of sp³-hybridized carbons (Fsp3) is 0.333. The largest absolute Gasteiger partial charge is 0.464 e. The molecular weight excluding hydrogens is 258 g/mol. The van der Waals surface area contributed by atoms with Gasteiger partial charge in [-0.25, -0.2) is 4.79 Å². The maximum Gasteiger partial charge on any atom is 0.331 e. The molecule has 0 aromatic heterocycles. The molecule has 3 nitrogen and oxygen atoms in total. The van der Waals surface area contributed by atoms with Crippen LogP contribution < -0.4 is 0 Å². The van der Waals surface area contributed by atoms with Crippen molar-refractivity contribution in [2.24, 2.45) is 4.99 Å². The highest BCUT2D eigenvalue weighted by Gasteiger charge is 2.29. The number of carbonyl (C=O) groups is 1. The van der Waals surface area contributed by atoms with Gasteiger partial charge in [0.2, 0.25) is 0 Å². The first-order chi connectivity index (χ1) is 9.24. The molecule has 0 amide bonds. The normalized spacial score (nSPS) is 20.4. The number of allylic oxidation sites excluding steroid dienone is 1. The van der Waals surface area contributed by atoms with Gasteiger partial charge in [0, 0.05) is 11.3 Å². The number of thioether (sulfide) groups is 1. The number of hydrogen-bond acceptors (Lipinski definition) is 4. The summed E-state index contributed by atoms with van der Waals surface area (Å²) >= 11 is 1.60. The number of rotatable bonds is 3. The standard InChI is InChI=1S/C15H17NO2S/c1-3-11-10-13(15(17)18-4-2)16-14(11)19-12-8-6-5-7-9-12/h3,5-9,13H,4,10H2,1-2H3/b11-3+. The average Bonchev–Trinajstić information content (AvgIpc) is 2.83. The van der Waals surface area contributed by atoms with Crippen LogP contribution in [-0.2, 0) is 9.53 Å². The monoisotopic (exact) mass is 275 g/mol. The van der Waals surface area contributed by atoms with Gasteiger partial charge in [0.15, 0.2) is 6.04 Å². The summed E-state index contributed by atoms with van der Waals surface area (Å²) in [4.78, 5) is 17.4. The van der Waals surface area contributed by atoms with Gasteiger partial charge in [0.1, 0.15) is 0 Å². The fourth-order valence-electron chi connectivity index (χ4n) is 1.87. The van der Waals surface area contributed by atoms with Crippen molar-refractivity contribution in [2.45, 2.75) is 31.2 Å². The number of hydrogen-bond donors (Lipinski definition) is 0. The van der Waals surface area contributed by atoms with Gasteiger partial charge >= 0.3 is 5.97 Å². The predicted molar refractivity (Wildman–Crippen MR) is 78.5 cm³/mol. The molecular formula is C15H17NO2S. The van der Waals surface area contributed by atoms with Crippen LogP contribution in [0.25, 0.3) is 0 Å². The SMILES string of the molecule is C/C=C1\CC(C(=O)OCC)N=C1Sc1ccccc1. The second-order valence-electron chi connectivity index (χ2n) is 4.14. The molecule has 1 aromatic carbocycles. The molecule has 0 aliphatic carbocycles. The second-order valence-corrected chi connectivity index (χ2v) is 5.20. The molecule has 0 saturated carbocycles. The first kappa shape index (κ1) is 13.9. The van der Waals surface area contributed by atoms with E-state index in [2.05, 4.69) is 4.99 Å². The summed E-state index contributed by atoms with van der Waals surface area (Å²) in [6.07, 6.45) is 2.67. The van der Waals surface area contributed by atoms with Gasteiger partial charge < -0.3 is 4.74 Å². The lowest BCUT2D eigenvalue weighted by Crippen LogP contribution is -2.19. The van der Waals surface area contributed by atoms with Gasteiger partial charge in [-0.2, -0.15) is 0 Å². The van der Waals surface area contributed by atoms with Crippen molar-refractivity contribution in [3.05, 3.63) is 42.0 Å². The zero-order valence-electron chi connectivity index (χ0n) is 11.1. The van der Waals surface area contributed by atoms with Crippen molar-refractivity contribution < 1.29 is 9.53 Å². The Morgan fingerprint density at radius 1 is 1.47 bits per heavy atom. The van der Waals surface area contributed by atoms with E-state index in [-0.39, 0.29) is 12.0 Å². The van der Waals surface area contributed by atoms with Crippen LogP contribution in [0.3, 0.4) is 0 Å². The van der Waals surface area contributed by atoms with Crippen LogP contribution in [0.15, 0.2) is 51.9 Å². The minimum absolute atomic E-state index is 0.231. The van der Waals surface area contributed by atoms with Crippen LogP contribution in [0, 0.1) is 0 Å². The Hall–Kier alpha value is -1.55. The van der Waals surface area contributed by atoms with E-state index in [4.69, 9.17) is 4.74 Å². The van der Waals surface area contributed by atoms with Crippen LogP contribution >= 0.6 is 11.8 Å². The summed E-state index contributed by atoms with van der Waals surface area (Å²) in [7, 11) is 0. The molecule has 1 unspecified atom stereocenters. The summed E-state index contributed by atoms with van der Waals surface area (Å²) in [6.45, 7) is 4.19. The highest BCUT2D eigenvalue weighted by Crippen LogP contribution is 2.31. The third kappa shape index (κ3) is 3.47. The molecule has 4 heteroatoms. The second kappa shape index (κ2) is 6.57. The molecule has 0 N–H and O–H groups in total. The smallest absolute Gasteiger partial charge is 0.331 e. The predicted octanol–water partition coefficient (Wildman–Crippen LogP) is 3.46. The third-order valence-electron chi connectivity index (χ3n) is 2.83. The van der Waals surface area contributed by atoms with Crippen LogP contribution in [0.2, 0.25) is 0 Å². The molecule has 100 valence electrons. The van der Waals surface area contributed by atoms with Gasteiger partial charge in [0.25, 0.3) is 0 Å². The lowest BCUT2D eigenvalue weighted by molar-refractivity contribution is -0.144. The topological polar surface area (TPSA) is 38.7 Å². The van der Waals surface area contributed by atoms with Gasteiger partial charge in [0.05, 0.1) is 11.7 Å². The first-order valence-electron chi connectivity index (χ1n) is 6.37. The Morgan fingerprint density at radius 3 is 2.84 bits per heavy atom. The fourth-order valence-corrected chi connectivity index (χ4v) is 2.90. The molecule has 19 heavy (non-hydrogen) atoms. The molecule has 1 heterocycles. The zero-order chi connectivity index (χ0) is 13.7. The maximum absolute atomic E-state index is 11.7. The highest BCUT2D eigenvalue weighted by molar-refractivity contribution is 8.14. The molecule has 1 atom stereocenters. The van der Waals surface area contributed by atoms with Crippen molar-refractivity contribution in [3.63, 3.8) is 0 Å². The van der Waals surface area contributed by atoms with E-state index in [1.54, 1.807) is 11.8 Å². The molecule has 0 spiro atoms. The lowest BCUT2D eigenvalue weighted by atomic mass is 10.1. The number of carbonyl (C=O) groups excluding carboxylic acids is 1. The van der Waals surface area contributed by atoms with Crippen LogP contribution in [0.1, 0.15) is 20.3 Å². The molecule has 0 radical (unpaired) electrons. The number of esters is 1. The summed E-state index contributed by atoms with van der Waals surface area (Å²) in [5, 5.41) is 0.923. The minimum atomic E-state index is -0.377. The first-order valence-corrected chi connectivity index (χ1v) is 7.19. The Kier molecular flexibility index (Phi) is 4.80. The van der Waals surface area contributed by atoms with Gasteiger partial charge in [-0.1, -0.05) is 36.0 Å². The summed E-state index contributed by atoms with van der Waals surface area (Å²) in [6, 6.07) is 9.68. The van der Waals surface area contributed by atoms with E-state index in [1.807, 2.05) is 50.3 Å². The zero-order valence-corrected chi connectivity index (χ0v) is 11.9. The van der Waals surface area contributed by atoms with Gasteiger partial charge in [-0.3, -0.25) is 4.99 Å². The summed E-state index contributed by atoms with van der Waals surface area (Å²) in [5.41, 5.74) is 1.12. The number of benzene rings is 1. The van der Waals surface area contributed by atoms with Crippen molar-refractivity contribution in [1.29, 1.82) is 0 Å². The molecule has 1 aliphatic rings. The number of ether oxygens (including phenoxy) is 1. The van der Waals surface area contributed by atoms with Gasteiger partial charge in [-0.05, 0) is 31.6 Å². The van der Waals surface area contributed by atoms with E-state index in [0.29, 0.717) is 13.0 Å². The Labute approximate surface area is 117 Å². The van der Waals surface area contributed by atoms with E-state index < -0.39 is 0 Å². The summed E-state index contributed by atoms with van der Waals surface area (Å²) < 4.78 is 5.03. The number of nitrogens with zero attached hydrogens (tertiary/aromatic N) is 1. The number of aliphatic imine (C=N–C) groups is 1. The van der Waals surface area contributed by atoms with E-state index in [0.717, 1.165) is 15.5 Å². The van der Waals surface area contributed by atoms with E-state index in [9.17, 15) is 4.79 Å². The Bertz CT molecular complexity index is 508. The average molecular weight is 275 g/mol. The molecule has 1 aromatic rings. The highest BCUT2D eigenvalue weighted by atomic mass is 32.2. The molecule has 0 saturated heterocycles. The quantitative estimate of drug-likeness (QED) is 0.793. The van der Waals surface area contributed by atoms with Crippen LogP contribution in [0.5, 0.6) is 0 Å². The van der Waals surface area contributed by atoms with Crippen molar-refractivity contribution in [3.8, 4) is 0 Å². The third-order valence-corrected chi connectivity index (χ3v) is 3.89. The van der Waals surface area contributed by atoms with Crippen LogP contribution in [0.4, 0.5) is 0 Å². The maximum atomic E-state index is 11.7. The molecule has 2 rings (SSSR count). The van der Waals surface area contributed by atoms with Gasteiger partial charge in [-0.15, -0.1) is 0 Å². The van der Waals surface area contributed by atoms with E-state index >= 15 is 0 Å². The lowest BCUT2D eigenvalue weighted by Gasteiger charge is -2.04. The van der Waals surface area contributed by atoms with Crippen molar-refractivity contribution >= 4 is 22.8 Å². The molecule has 0 bridgehead atoms. The molecule has 0 fully saturated rings. The van der Waals surface area contributed by atoms with Crippen molar-refractivity contribution in [1.82, 2.24) is 0 Å². The molecule has 1 aliphatic heterocycles. The van der Waals surface area contributed by atoms with Crippen molar-refractivity contribution in [2.75, 3.05) is 6.61 Å². The summed E-state index contributed by atoms with van der Waals surface area (Å²) in [5.74, 6) is -0.231. The minimum Gasteiger partial charge on any atom is -0.464 e. The van der Waals surface area contributed by atoms with E-state index in [1.165, 1.54) is 0 Å². The Morgan fingerprint density at radius 2 is 2.21 bits per heavy atom. The van der Waals surface area contributed by atoms with Crippen LogP contribution in [-0.4, -0.2) is 23.7 Å².